The van der Waals surface area contributed by atoms with Crippen molar-refractivity contribution in [2.24, 2.45) is 0 Å². The minimum absolute atomic E-state index is 0.0333. The first-order valence-electron chi connectivity index (χ1n) is 24.6. The average molecular weight is 857 g/mol. The Labute approximate surface area is 364 Å². The Hall–Kier alpha value is -1.51. The summed E-state index contributed by atoms with van der Waals surface area (Å²) in [4.78, 5) is 35.5. The van der Waals surface area contributed by atoms with Crippen LogP contribution < -0.4 is 0 Å². The largest absolute Gasteiger partial charge is 0.472 e. The van der Waals surface area contributed by atoms with Gasteiger partial charge in [0.05, 0.1) is 27.7 Å². The van der Waals surface area contributed by atoms with Crippen LogP contribution >= 0.6 is 7.82 Å². The van der Waals surface area contributed by atoms with Crippen LogP contribution in [0.25, 0.3) is 0 Å². The monoisotopic (exact) mass is 857 g/mol. The van der Waals surface area contributed by atoms with Gasteiger partial charge in [-0.1, -0.05) is 192 Å². The van der Waals surface area contributed by atoms with Crippen molar-refractivity contribution in [3.63, 3.8) is 0 Å². The number of phosphoric acid groups is 1. The van der Waals surface area contributed by atoms with Gasteiger partial charge in [-0.2, -0.15) is 0 Å². The van der Waals surface area contributed by atoms with Crippen LogP contribution in [0.5, 0.6) is 0 Å². The highest BCUT2D eigenvalue weighted by Crippen LogP contribution is 2.43. The van der Waals surface area contributed by atoms with Crippen molar-refractivity contribution in [2.45, 2.75) is 232 Å². The standard InChI is InChI=1S/C49H94NO8P/c1-6-8-10-12-14-16-18-20-22-24-25-26-28-29-31-33-35-37-39-41-48(51)55-45-47(46-57-59(53,54)56-44-43-50(3,4)5)58-49(52)42-40-38-36-34-32-30-27-23-21-19-17-15-13-11-9-7-2/h14,16,20,22,47H,6-13,15,17-19,21,23-46H2,1-5H3/p+1/b16-14-,22-20-/t47-/m1/s1. The van der Waals surface area contributed by atoms with Crippen LogP contribution in [-0.4, -0.2) is 74.9 Å². The summed E-state index contributed by atoms with van der Waals surface area (Å²) in [5.74, 6) is -0.792. The Bertz CT molecular complexity index is 1060. The maximum atomic E-state index is 12.7. The van der Waals surface area contributed by atoms with Crippen LogP contribution in [0.1, 0.15) is 226 Å². The van der Waals surface area contributed by atoms with E-state index in [9.17, 15) is 19.0 Å². The lowest BCUT2D eigenvalue weighted by Crippen LogP contribution is -2.37. The molecule has 0 aromatic rings. The van der Waals surface area contributed by atoms with E-state index in [1.807, 2.05) is 21.1 Å². The number of hydrogen-bond donors (Lipinski definition) is 1. The van der Waals surface area contributed by atoms with Gasteiger partial charge in [0.15, 0.2) is 6.10 Å². The molecule has 1 N–H and O–H groups in total. The van der Waals surface area contributed by atoms with E-state index in [1.54, 1.807) is 0 Å². The van der Waals surface area contributed by atoms with Crippen LogP contribution in [0.3, 0.4) is 0 Å². The van der Waals surface area contributed by atoms with Crippen LogP contribution in [0.2, 0.25) is 0 Å². The Balaban J connectivity index is 4.26. The van der Waals surface area contributed by atoms with Crippen molar-refractivity contribution in [1.29, 1.82) is 0 Å². The van der Waals surface area contributed by atoms with Gasteiger partial charge in [0, 0.05) is 12.8 Å². The van der Waals surface area contributed by atoms with Crippen LogP contribution in [0, 0.1) is 0 Å². The first-order valence-corrected chi connectivity index (χ1v) is 26.1. The summed E-state index contributed by atoms with van der Waals surface area (Å²) in [5.41, 5.74) is 0. The highest BCUT2D eigenvalue weighted by atomic mass is 31.2. The number of carbonyl (C=O) groups is 2. The van der Waals surface area contributed by atoms with Gasteiger partial charge in [-0.3, -0.25) is 18.6 Å². The molecule has 348 valence electrons. The van der Waals surface area contributed by atoms with E-state index < -0.39 is 26.5 Å². The average Bonchev–Trinajstić information content (AvgIpc) is 3.19. The fraction of sp³-hybridized carbons (Fsp3) is 0.878. The number of unbranched alkanes of at least 4 members (excludes halogenated alkanes) is 27. The van der Waals surface area contributed by atoms with Gasteiger partial charge < -0.3 is 18.9 Å². The number of hydrogen-bond acceptors (Lipinski definition) is 7. The first kappa shape index (κ1) is 57.5. The highest BCUT2D eigenvalue weighted by Gasteiger charge is 2.27. The van der Waals surface area contributed by atoms with Gasteiger partial charge in [0.1, 0.15) is 19.8 Å². The van der Waals surface area contributed by atoms with Gasteiger partial charge in [-0.25, -0.2) is 4.57 Å². The molecule has 0 radical (unpaired) electrons. The first-order chi connectivity index (χ1) is 28.5. The van der Waals surface area contributed by atoms with Crippen molar-refractivity contribution in [3.8, 4) is 0 Å². The molecule has 0 heterocycles. The van der Waals surface area contributed by atoms with Crippen molar-refractivity contribution in [1.82, 2.24) is 0 Å². The Morgan fingerprint density at radius 1 is 0.525 bits per heavy atom. The van der Waals surface area contributed by atoms with E-state index >= 15 is 0 Å². The number of allylic oxidation sites excluding steroid dienone is 4. The molecule has 59 heavy (non-hydrogen) atoms. The molecule has 2 atom stereocenters. The third-order valence-corrected chi connectivity index (χ3v) is 11.7. The minimum Gasteiger partial charge on any atom is -0.462 e. The molecule has 0 aliphatic carbocycles. The molecule has 0 aromatic heterocycles. The molecule has 9 nitrogen and oxygen atoms in total. The normalized spacial score (nSPS) is 13.7. The summed E-state index contributed by atoms with van der Waals surface area (Å²) < 4.78 is 34.4. The molecule has 0 bridgehead atoms. The van der Waals surface area contributed by atoms with Crippen molar-refractivity contribution in [2.75, 3.05) is 47.5 Å². The maximum absolute atomic E-state index is 12.7. The number of likely N-dealkylation sites (N-methyl/N-ethyl adjacent to an activating group) is 1. The van der Waals surface area contributed by atoms with Crippen LogP contribution in [0.15, 0.2) is 24.3 Å². The van der Waals surface area contributed by atoms with Gasteiger partial charge in [-0.15, -0.1) is 0 Å². The van der Waals surface area contributed by atoms with E-state index in [1.165, 1.54) is 154 Å². The molecule has 0 rings (SSSR count). The Morgan fingerprint density at radius 3 is 1.37 bits per heavy atom. The zero-order valence-electron chi connectivity index (χ0n) is 39.2. The molecule has 0 spiro atoms. The van der Waals surface area contributed by atoms with E-state index in [0.717, 1.165) is 38.5 Å². The third kappa shape index (κ3) is 45.8. The molecular weight excluding hydrogens is 762 g/mol. The zero-order chi connectivity index (χ0) is 43.6. The molecule has 0 aliphatic rings. The number of phosphoric ester groups is 1. The molecule has 0 fully saturated rings. The van der Waals surface area contributed by atoms with Crippen molar-refractivity contribution < 1.29 is 42.1 Å². The predicted octanol–water partition coefficient (Wildman–Crippen LogP) is 14.3. The number of quaternary nitrogens is 1. The minimum atomic E-state index is -4.37. The number of rotatable bonds is 45. The van der Waals surface area contributed by atoms with Gasteiger partial charge in [-0.05, 0) is 44.9 Å². The number of nitrogens with zero attached hydrogens (tertiary/aromatic N) is 1. The fourth-order valence-corrected chi connectivity index (χ4v) is 7.61. The van der Waals surface area contributed by atoms with Gasteiger partial charge >= 0.3 is 19.8 Å². The van der Waals surface area contributed by atoms with E-state index in [4.69, 9.17) is 18.5 Å². The number of ether oxygens (including phenoxy) is 2. The van der Waals surface area contributed by atoms with Crippen molar-refractivity contribution >= 4 is 19.8 Å². The zero-order valence-corrected chi connectivity index (χ0v) is 40.1. The number of carbonyl (C=O) groups excluding carboxylic acids is 2. The fourth-order valence-electron chi connectivity index (χ4n) is 6.87. The summed E-state index contributed by atoms with van der Waals surface area (Å²) in [7, 11) is 1.48. The van der Waals surface area contributed by atoms with E-state index in [0.29, 0.717) is 17.4 Å². The second-order valence-electron chi connectivity index (χ2n) is 17.9. The second-order valence-corrected chi connectivity index (χ2v) is 19.3. The lowest BCUT2D eigenvalue weighted by Gasteiger charge is -2.24. The topological polar surface area (TPSA) is 108 Å². The quantitative estimate of drug-likeness (QED) is 0.0212. The molecule has 0 amide bonds. The van der Waals surface area contributed by atoms with Gasteiger partial charge in [0.25, 0.3) is 0 Å². The smallest absolute Gasteiger partial charge is 0.462 e. The van der Waals surface area contributed by atoms with Gasteiger partial charge in [0.2, 0.25) is 0 Å². The summed E-state index contributed by atoms with van der Waals surface area (Å²) in [6.45, 7) is 4.43. The molecule has 0 saturated carbocycles. The summed E-state index contributed by atoms with van der Waals surface area (Å²) in [5, 5.41) is 0. The van der Waals surface area contributed by atoms with E-state index in [-0.39, 0.29) is 32.0 Å². The van der Waals surface area contributed by atoms with Crippen molar-refractivity contribution in [3.05, 3.63) is 24.3 Å². The molecular formula is C49H95NO8P+. The Kier molecular flexibility index (Phi) is 40.8. The second kappa shape index (κ2) is 41.8. The predicted molar refractivity (Wildman–Crippen MR) is 247 cm³/mol. The van der Waals surface area contributed by atoms with Crippen LogP contribution in [-0.2, 0) is 32.7 Å². The van der Waals surface area contributed by atoms with E-state index in [2.05, 4.69) is 38.2 Å². The number of esters is 2. The summed E-state index contributed by atoms with van der Waals surface area (Å²) in [6.07, 6.45) is 46.5. The Morgan fingerprint density at radius 2 is 0.915 bits per heavy atom. The third-order valence-electron chi connectivity index (χ3n) is 10.7. The van der Waals surface area contributed by atoms with Crippen LogP contribution in [0.4, 0.5) is 0 Å². The molecule has 1 unspecified atom stereocenters. The SMILES string of the molecule is CCCCC/C=C\C/C=C\CCCCCCCCCCCC(=O)OC[C@H](COP(=O)(O)OCC[N+](C)(C)C)OC(=O)CCCCCCCCCCCCCCCCCC. The maximum Gasteiger partial charge on any atom is 0.472 e. The lowest BCUT2D eigenvalue weighted by atomic mass is 10.0. The summed E-state index contributed by atoms with van der Waals surface area (Å²) >= 11 is 0. The molecule has 0 aromatic carbocycles. The summed E-state index contributed by atoms with van der Waals surface area (Å²) in [6, 6.07) is 0. The highest BCUT2D eigenvalue weighted by molar-refractivity contribution is 7.47. The molecule has 10 heteroatoms. The molecule has 0 saturated heterocycles. The lowest BCUT2D eigenvalue weighted by molar-refractivity contribution is -0.870. The molecule has 0 aliphatic heterocycles.